The first-order valence-corrected chi connectivity index (χ1v) is 7.08. The van der Waals surface area contributed by atoms with E-state index in [0.29, 0.717) is 6.04 Å². The number of hydrogen-bond donors (Lipinski definition) is 3. The Balaban J connectivity index is 1.93. The second kappa shape index (κ2) is 5.98. The van der Waals surface area contributed by atoms with E-state index in [1.165, 1.54) is 5.56 Å². The van der Waals surface area contributed by atoms with Crippen LogP contribution in [0.4, 0.5) is 11.5 Å². The molecule has 0 fully saturated rings. The van der Waals surface area contributed by atoms with E-state index in [4.69, 9.17) is 5.73 Å². The van der Waals surface area contributed by atoms with E-state index in [1.807, 2.05) is 24.7 Å². The fourth-order valence-electron chi connectivity index (χ4n) is 2.22. The molecule has 0 aliphatic heterocycles. The molecule has 2 rings (SSSR count). The minimum absolute atomic E-state index is 0.296. The van der Waals surface area contributed by atoms with Crippen molar-refractivity contribution in [2.24, 2.45) is 0 Å². The summed E-state index contributed by atoms with van der Waals surface area (Å²) in [5.74, 6) is 0.932. The molecular weight excluding hydrogens is 252 g/mol. The monoisotopic (exact) mass is 276 g/mol. The lowest BCUT2D eigenvalue weighted by Crippen LogP contribution is -2.12. The minimum atomic E-state index is 0.296. The van der Waals surface area contributed by atoms with E-state index in [-0.39, 0.29) is 0 Å². The van der Waals surface area contributed by atoms with Gasteiger partial charge in [0.25, 0.3) is 0 Å². The Morgan fingerprint density at radius 2 is 2.15 bits per heavy atom. The number of anilines is 2. The van der Waals surface area contributed by atoms with E-state index >= 15 is 0 Å². The number of aryl methyl sites for hydroxylation is 3. The number of rotatable bonds is 6. The molecular formula is C14H24N6. The highest BCUT2D eigenvalue weighted by molar-refractivity contribution is 5.64. The van der Waals surface area contributed by atoms with Crippen LogP contribution in [0.3, 0.4) is 0 Å². The summed E-state index contributed by atoms with van der Waals surface area (Å²) in [5.41, 5.74) is 10.1. The summed E-state index contributed by atoms with van der Waals surface area (Å²) in [5, 5.41) is 14.9. The second-order valence-corrected chi connectivity index (χ2v) is 5.44. The molecule has 0 aliphatic rings. The third kappa shape index (κ3) is 2.95. The summed E-state index contributed by atoms with van der Waals surface area (Å²) >= 11 is 0. The maximum absolute atomic E-state index is 6.08. The van der Waals surface area contributed by atoms with Crippen LogP contribution in [0.15, 0.2) is 6.20 Å². The smallest absolute Gasteiger partial charge is 0.148 e. The van der Waals surface area contributed by atoms with E-state index < -0.39 is 0 Å². The number of nitrogens with two attached hydrogens (primary N) is 1. The normalized spacial score (nSPS) is 11.2. The zero-order chi connectivity index (χ0) is 14.7. The van der Waals surface area contributed by atoms with Crippen LogP contribution in [0.25, 0.3) is 0 Å². The van der Waals surface area contributed by atoms with Gasteiger partial charge in [-0.25, -0.2) is 4.68 Å². The van der Waals surface area contributed by atoms with E-state index in [1.54, 1.807) is 0 Å². The van der Waals surface area contributed by atoms with Gasteiger partial charge in [0.1, 0.15) is 5.82 Å². The molecule has 0 unspecified atom stereocenters. The van der Waals surface area contributed by atoms with Gasteiger partial charge in [0.15, 0.2) is 0 Å². The van der Waals surface area contributed by atoms with Crippen molar-refractivity contribution in [3.63, 3.8) is 0 Å². The number of H-pyrrole nitrogens is 1. The number of aromatic amines is 1. The van der Waals surface area contributed by atoms with Gasteiger partial charge in [-0.1, -0.05) is 0 Å². The molecule has 0 radical (unpaired) electrons. The first kappa shape index (κ1) is 14.4. The maximum Gasteiger partial charge on any atom is 0.148 e. The molecule has 2 aromatic rings. The van der Waals surface area contributed by atoms with Crippen LogP contribution < -0.4 is 11.1 Å². The van der Waals surface area contributed by atoms with Crippen molar-refractivity contribution in [1.82, 2.24) is 20.0 Å². The van der Waals surface area contributed by atoms with Crippen LogP contribution in [-0.4, -0.2) is 26.5 Å². The quantitative estimate of drug-likeness (QED) is 0.707. The van der Waals surface area contributed by atoms with Gasteiger partial charge in [-0.05, 0) is 46.1 Å². The van der Waals surface area contributed by atoms with Crippen molar-refractivity contribution in [3.05, 3.63) is 23.1 Å². The molecule has 0 bridgehead atoms. The van der Waals surface area contributed by atoms with Crippen molar-refractivity contribution in [1.29, 1.82) is 0 Å². The maximum atomic E-state index is 6.08. The molecule has 0 spiro atoms. The second-order valence-electron chi connectivity index (χ2n) is 5.44. The third-order valence-electron chi connectivity index (χ3n) is 3.47. The van der Waals surface area contributed by atoms with Crippen LogP contribution >= 0.6 is 0 Å². The fraction of sp³-hybridized carbons (Fsp3) is 0.571. The zero-order valence-corrected chi connectivity index (χ0v) is 12.7. The number of nitrogen functional groups attached to an aromatic ring is 1. The summed E-state index contributed by atoms with van der Waals surface area (Å²) in [7, 11) is 0. The third-order valence-corrected chi connectivity index (χ3v) is 3.47. The summed E-state index contributed by atoms with van der Waals surface area (Å²) in [6, 6.07) is 0.296. The summed E-state index contributed by atoms with van der Waals surface area (Å²) in [6.45, 7) is 9.06. The van der Waals surface area contributed by atoms with Gasteiger partial charge in [0, 0.05) is 18.3 Å². The molecule has 6 nitrogen and oxygen atoms in total. The lowest BCUT2D eigenvalue weighted by atomic mass is 10.1. The summed E-state index contributed by atoms with van der Waals surface area (Å²) in [4.78, 5) is 0. The molecule has 4 N–H and O–H groups in total. The predicted molar refractivity (Wildman–Crippen MR) is 81.9 cm³/mol. The van der Waals surface area contributed by atoms with Crippen LogP contribution in [-0.2, 0) is 6.42 Å². The molecule has 0 atom stereocenters. The molecule has 20 heavy (non-hydrogen) atoms. The van der Waals surface area contributed by atoms with Crippen molar-refractivity contribution in [3.8, 4) is 0 Å². The van der Waals surface area contributed by atoms with Gasteiger partial charge >= 0.3 is 0 Å². The van der Waals surface area contributed by atoms with Crippen molar-refractivity contribution in [2.45, 2.75) is 46.6 Å². The van der Waals surface area contributed by atoms with Gasteiger partial charge < -0.3 is 11.1 Å². The minimum Gasteiger partial charge on any atom is -0.394 e. The average molecular weight is 276 g/mol. The van der Waals surface area contributed by atoms with Gasteiger partial charge in [-0.2, -0.15) is 10.2 Å². The molecule has 0 aromatic carbocycles. The number of aromatic nitrogens is 4. The van der Waals surface area contributed by atoms with Crippen molar-refractivity contribution in [2.75, 3.05) is 17.6 Å². The Kier molecular flexibility index (Phi) is 4.32. The molecule has 110 valence electrons. The lowest BCUT2D eigenvalue weighted by Gasteiger charge is -2.13. The van der Waals surface area contributed by atoms with Crippen molar-refractivity contribution < 1.29 is 0 Å². The Hall–Kier alpha value is -1.98. The Labute approximate surface area is 119 Å². The first-order chi connectivity index (χ1) is 9.50. The largest absolute Gasteiger partial charge is 0.394 e. The van der Waals surface area contributed by atoms with Gasteiger partial charge in [-0.3, -0.25) is 5.10 Å². The van der Waals surface area contributed by atoms with Crippen LogP contribution in [0, 0.1) is 13.8 Å². The highest BCUT2D eigenvalue weighted by atomic mass is 15.4. The zero-order valence-electron chi connectivity index (χ0n) is 12.7. The number of nitrogens with one attached hydrogen (secondary N) is 2. The van der Waals surface area contributed by atoms with Crippen molar-refractivity contribution >= 4 is 11.5 Å². The van der Waals surface area contributed by atoms with Crippen LogP contribution in [0.5, 0.6) is 0 Å². The van der Waals surface area contributed by atoms with Gasteiger partial charge in [0.2, 0.25) is 0 Å². The molecule has 2 aromatic heterocycles. The summed E-state index contributed by atoms with van der Waals surface area (Å²) in [6.07, 6.45) is 3.93. The Bertz CT molecular complexity index is 566. The van der Waals surface area contributed by atoms with E-state index in [0.717, 1.165) is 42.3 Å². The lowest BCUT2D eigenvalue weighted by molar-refractivity contribution is 0.534. The fourth-order valence-corrected chi connectivity index (χ4v) is 2.22. The molecule has 6 heteroatoms. The molecule has 0 saturated heterocycles. The van der Waals surface area contributed by atoms with Crippen LogP contribution in [0.1, 0.15) is 43.3 Å². The molecule has 0 amide bonds. The molecule has 0 aliphatic carbocycles. The highest BCUT2D eigenvalue weighted by Crippen LogP contribution is 2.25. The molecule has 0 saturated carbocycles. The number of nitrogens with zero attached hydrogens (tertiary/aromatic N) is 3. The Morgan fingerprint density at radius 1 is 1.40 bits per heavy atom. The highest BCUT2D eigenvalue weighted by Gasteiger charge is 2.14. The summed E-state index contributed by atoms with van der Waals surface area (Å²) < 4.78 is 1.95. The average Bonchev–Trinajstić information content (AvgIpc) is 2.92. The van der Waals surface area contributed by atoms with Crippen LogP contribution in [0.2, 0.25) is 0 Å². The molecule has 2 heterocycles. The number of hydrogen-bond acceptors (Lipinski definition) is 4. The van der Waals surface area contributed by atoms with Gasteiger partial charge in [0.05, 0.1) is 17.6 Å². The standard InChI is InChI=1S/C14H24N6/c1-9(2)20-14(13(15)11(4)19-20)16-7-5-6-12-8-17-18-10(12)3/h8-9,16H,5-7,15H2,1-4H3,(H,17,18). The Morgan fingerprint density at radius 3 is 2.75 bits per heavy atom. The first-order valence-electron chi connectivity index (χ1n) is 7.08. The topological polar surface area (TPSA) is 84.5 Å². The SMILES string of the molecule is Cc1nn(C(C)C)c(NCCCc2cn[nH]c2C)c1N. The van der Waals surface area contributed by atoms with E-state index in [9.17, 15) is 0 Å². The predicted octanol–water partition coefficient (Wildman–Crippen LogP) is 2.43. The van der Waals surface area contributed by atoms with E-state index in [2.05, 4.69) is 34.5 Å². The van der Waals surface area contributed by atoms with Gasteiger partial charge in [-0.15, -0.1) is 0 Å².